The first-order valence-corrected chi connectivity index (χ1v) is 6.75. The van der Waals surface area contributed by atoms with E-state index in [1.807, 2.05) is 0 Å². The minimum absolute atomic E-state index is 0.815. The van der Waals surface area contributed by atoms with Crippen LogP contribution in [0.5, 0.6) is 0 Å². The van der Waals surface area contributed by atoms with Gasteiger partial charge in [0, 0.05) is 12.1 Å². The fraction of sp³-hybridized carbons (Fsp3) is 1.00. The van der Waals surface area contributed by atoms with Crippen LogP contribution in [0.25, 0.3) is 0 Å². The topological polar surface area (TPSA) is 3.24 Å². The molecule has 1 heterocycles. The summed E-state index contributed by atoms with van der Waals surface area (Å²) in [7, 11) is 0. The minimum atomic E-state index is 0.815. The fourth-order valence-corrected chi connectivity index (χ4v) is 2.72. The van der Waals surface area contributed by atoms with Gasteiger partial charge in [0.25, 0.3) is 0 Å². The molecule has 2 unspecified atom stereocenters. The highest BCUT2D eigenvalue weighted by Gasteiger charge is 2.23. The van der Waals surface area contributed by atoms with Gasteiger partial charge in [-0.25, -0.2) is 0 Å². The third-order valence-electron chi connectivity index (χ3n) is 3.45. The van der Waals surface area contributed by atoms with Crippen molar-refractivity contribution in [3.8, 4) is 0 Å². The molecule has 1 nitrogen and oxygen atoms in total. The summed E-state index contributed by atoms with van der Waals surface area (Å²) in [6.07, 6.45) is 8.21. The zero-order chi connectivity index (χ0) is 10.4. The summed E-state index contributed by atoms with van der Waals surface area (Å²) in [5, 5.41) is 0. The number of rotatable bonds is 5. The van der Waals surface area contributed by atoms with Gasteiger partial charge in [-0.2, -0.15) is 12.6 Å². The molecule has 1 rings (SSSR count). The van der Waals surface area contributed by atoms with Crippen molar-refractivity contribution in [3.63, 3.8) is 0 Å². The Morgan fingerprint density at radius 2 is 1.71 bits per heavy atom. The summed E-state index contributed by atoms with van der Waals surface area (Å²) in [4.78, 5) is 2.70. The van der Waals surface area contributed by atoms with Gasteiger partial charge in [-0.1, -0.05) is 12.8 Å². The lowest BCUT2D eigenvalue weighted by Crippen LogP contribution is -2.44. The Bertz CT molecular complexity index is 139. The molecule has 0 aromatic carbocycles. The maximum absolute atomic E-state index is 4.24. The first kappa shape index (κ1) is 12.4. The number of nitrogens with zero attached hydrogens (tertiary/aromatic N) is 1. The highest BCUT2D eigenvalue weighted by atomic mass is 32.1. The molecule has 0 bridgehead atoms. The van der Waals surface area contributed by atoms with Gasteiger partial charge in [0.2, 0.25) is 0 Å². The largest absolute Gasteiger partial charge is 0.298 e. The van der Waals surface area contributed by atoms with Crippen LogP contribution in [0.3, 0.4) is 0 Å². The molecule has 0 aromatic rings. The lowest BCUT2D eigenvalue weighted by molar-refractivity contribution is 0.101. The van der Waals surface area contributed by atoms with Crippen molar-refractivity contribution >= 4 is 12.6 Å². The van der Waals surface area contributed by atoms with Crippen LogP contribution >= 0.6 is 12.6 Å². The van der Waals surface area contributed by atoms with E-state index in [9.17, 15) is 0 Å². The Morgan fingerprint density at radius 1 is 1.07 bits per heavy atom. The van der Waals surface area contributed by atoms with Gasteiger partial charge in [-0.15, -0.1) is 0 Å². The van der Waals surface area contributed by atoms with Crippen LogP contribution in [0.15, 0.2) is 0 Å². The van der Waals surface area contributed by atoms with Crippen molar-refractivity contribution in [2.24, 2.45) is 0 Å². The van der Waals surface area contributed by atoms with E-state index in [0.717, 1.165) is 17.8 Å². The van der Waals surface area contributed by atoms with Crippen molar-refractivity contribution in [3.05, 3.63) is 0 Å². The molecule has 1 saturated heterocycles. The molecular formula is C12H25NS. The average Bonchev–Trinajstić information content (AvgIpc) is 2.16. The van der Waals surface area contributed by atoms with Crippen molar-refractivity contribution < 1.29 is 0 Å². The standard InChI is InChI=1S/C12H25NS/c1-11-7-6-8-12(2)13(11)9-4-3-5-10-14/h11-12,14H,3-10H2,1-2H3. The third-order valence-corrected chi connectivity index (χ3v) is 3.77. The third kappa shape index (κ3) is 3.82. The molecule has 2 heteroatoms. The van der Waals surface area contributed by atoms with Gasteiger partial charge in [0.15, 0.2) is 0 Å². The Kier molecular flexibility index (Phi) is 5.95. The number of hydrogen-bond donors (Lipinski definition) is 1. The molecule has 1 fully saturated rings. The van der Waals surface area contributed by atoms with Crippen LogP contribution in [0.4, 0.5) is 0 Å². The van der Waals surface area contributed by atoms with Crippen LogP contribution in [-0.2, 0) is 0 Å². The normalized spacial score (nSPS) is 29.4. The maximum atomic E-state index is 4.24. The van der Waals surface area contributed by atoms with E-state index in [0.29, 0.717) is 0 Å². The van der Waals surface area contributed by atoms with Gasteiger partial charge in [0.1, 0.15) is 0 Å². The van der Waals surface area contributed by atoms with Crippen LogP contribution in [0.2, 0.25) is 0 Å². The molecule has 1 aliphatic heterocycles. The van der Waals surface area contributed by atoms with E-state index in [-0.39, 0.29) is 0 Å². The number of thiol groups is 1. The number of likely N-dealkylation sites (tertiary alicyclic amines) is 1. The fourth-order valence-electron chi connectivity index (χ4n) is 2.50. The van der Waals surface area contributed by atoms with Gasteiger partial charge >= 0.3 is 0 Å². The molecule has 0 aromatic heterocycles. The van der Waals surface area contributed by atoms with Crippen molar-refractivity contribution in [2.75, 3.05) is 12.3 Å². The first-order chi connectivity index (χ1) is 6.75. The van der Waals surface area contributed by atoms with Crippen LogP contribution in [0.1, 0.15) is 52.4 Å². The molecule has 84 valence electrons. The highest BCUT2D eigenvalue weighted by Crippen LogP contribution is 2.22. The van der Waals surface area contributed by atoms with E-state index in [2.05, 4.69) is 31.4 Å². The molecule has 0 radical (unpaired) electrons. The highest BCUT2D eigenvalue weighted by molar-refractivity contribution is 7.80. The summed E-state index contributed by atoms with van der Waals surface area (Å²) in [5.74, 6) is 1.05. The van der Waals surface area contributed by atoms with Gasteiger partial charge in [-0.3, -0.25) is 4.90 Å². The van der Waals surface area contributed by atoms with Crippen LogP contribution in [-0.4, -0.2) is 29.3 Å². The van der Waals surface area contributed by atoms with E-state index in [1.165, 1.54) is 45.1 Å². The summed E-state index contributed by atoms with van der Waals surface area (Å²) < 4.78 is 0. The van der Waals surface area contributed by atoms with Gasteiger partial charge < -0.3 is 0 Å². The van der Waals surface area contributed by atoms with E-state index in [4.69, 9.17) is 0 Å². The molecular weight excluding hydrogens is 190 g/mol. The Morgan fingerprint density at radius 3 is 2.29 bits per heavy atom. The second kappa shape index (κ2) is 6.73. The van der Waals surface area contributed by atoms with E-state index < -0.39 is 0 Å². The lowest BCUT2D eigenvalue weighted by Gasteiger charge is -2.39. The van der Waals surface area contributed by atoms with Gasteiger partial charge in [0.05, 0.1) is 0 Å². The van der Waals surface area contributed by atoms with E-state index in [1.54, 1.807) is 0 Å². The monoisotopic (exact) mass is 215 g/mol. The molecule has 2 atom stereocenters. The van der Waals surface area contributed by atoms with Gasteiger partial charge in [-0.05, 0) is 51.8 Å². The van der Waals surface area contributed by atoms with Crippen molar-refractivity contribution in [1.82, 2.24) is 4.90 Å². The van der Waals surface area contributed by atoms with Crippen LogP contribution in [0, 0.1) is 0 Å². The summed E-state index contributed by atoms with van der Waals surface area (Å²) >= 11 is 4.24. The quantitative estimate of drug-likeness (QED) is 0.544. The summed E-state index contributed by atoms with van der Waals surface area (Å²) in [6.45, 7) is 6.07. The Hall–Kier alpha value is 0.310. The smallest absolute Gasteiger partial charge is 0.00697 e. The zero-order valence-electron chi connectivity index (χ0n) is 9.71. The first-order valence-electron chi connectivity index (χ1n) is 6.12. The number of piperidine rings is 1. The SMILES string of the molecule is CC1CCCC(C)N1CCCCCS. The zero-order valence-corrected chi connectivity index (χ0v) is 10.6. The average molecular weight is 215 g/mol. The molecule has 0 aliphatic carbocycles. The van der Waals surface area contributed by atoms with E-state index >= 15 is 0 Å². The molecule has 0 N–H and O–H groups in total. The van der Waals surface area contributed by atoms with Crippen molar-refractivity contribution in [2.45, 2.75) is 64.5 Å². The second-order valence-corrected chi connectivity index (χ2v) is 5.10. The number of hydrogen-bond acceptors (Lipinski definition) is 2. The molecule has 0 spiro atoms. The Balaban J connectivity index is 2.19. The number of unbranched alkanes of at least 4 members (excludes halogenated alkanes) is 2. The predicted octanol–water partition coefficient (Wildman–Crippen LogP) is 3.35. The lowest BCUT2D eigenvalue weighted by atomic mass is 9.97. The molecule has 14 heavy (non-hydrogen) atoms. The molecule has 0 amide bonds. The maximum Gasteiger partial charge on any atom is 0.00697 e. The van der Waals surface area contributed by atoms with Crippen LogP contribution < -0.4 is 0 Å². The second-order valence-electron chi connectivity index (χ2n) is 4.65. The molecule has 0 saturated carbocycles. The van der Waals surface area contributed by atoms with Crippen molar-refractivity contribution in [1.29, 1.82) is 0 Å². The summed E-state index contributed by atoms with van der Waals surface area (Å²) in [6, 6.07) is 1.63. The predicted molar refractivity (Wildman–Crippen MR) is 67.2 cm³/mol. The Labute approximate surface area is 94.7 Å². The minimum Gasteiger partial charge on any atom is -0.298 e. The molecule has 1 aliphatic rings. The summed E-state index contributed by atoms with van der Waals surface area (Å²) in [5.41, 5.74) is 0.